The molecule has 3 aliphatic rings. The summed E-state index contributed by atoms with van der Waals surface area (Å²) < 4.78 is 37.9. The molecule has 1 saturated heterocycles. The molecule has 1 aromatic rings. The van der Waals surface area contributed by atoms with Gasteiger partial charge in [-0.25, -0.2) is 4.98 Å². The summed E-state index contributed by atoms with van der Waals surface area (Å²) >= 11 is 5.83. The molecule has 1 N–H and O–H groups in total. The Morgan fingerprint density at radius 1 is 1.19 bits per heavy atom. The summed E-state index contributed by atoms with van der Waals surface area (Å²) in [6.07, 6.45) is 1.07. The van der Waals surface area contributed by atoms with E-state index < -0.39 is 11.7 Å². The van der Waals surface area contributed by atoms with Crippen LogP contribution in [0.25, 0.3) is 0 Å². The van der Waals surface area contributed by atoms with Crippen LogP contribution >= 0.6 is 11.6 Å². The molecule has 1 saturated carbocycles. The van der Waals surface area contributed by atoms with E-state index in [9.17, 15) is 22.8 Å². The van der Waals surface area contributed by atoms with Crippen LogP contribution in [-0.4, -0.2) is 34.8 Å². The van der Waals surface area contributed by atoms with E-state index in [0.29, 0.717) is 6.20 Å². The molecule has 4 atom stereocenters. The van der Waals surface area contributed by atoms with E-state index in [0.717, 1.165) is 12.5 Å². The Kier molecular flexibility index (Phi) is 3.98. The molecule has 2 aliphatic carbocycles. The molecular formula is C17H15ClF3N3O2. The minimum absolute atomic E-state index is 0.0840. The number of likely N-dealkylation sites (tertiary alicyclic amines) is 1. The lowest BCUT2D eigenvalue weighted by Gasteiger charge is -2.18. The van der Waals surface area contributed by atoms with E-state index in [1.165, 1.54) is 4.90 Å². The zero-order valence-electron chi connectivity index (χ0n) is 13.5. The molecule has 26 heavy (non-hydrogen) atoms. The van der Waals surface area contributed by atoms with Crippen molar-refractivity contribution in [1.82, 2.24) is 9.88 Å². The monoisotopic (exact) mass is 385 g/mol. The first-order valence-electron chi connectivity index (χ1n) is 8.27. The van der Waals surface area contributed by atoms with Crippen molar-refractivity contribution in [3.8, 4) is 0 Å². The largest absolute Gasteiger partial charge is 0.417 e. The fourth-order valence-corrected chi connectivity index (χ4v) is 4.43. The number of hydrogen-bond acceptors (Lipinski definition) is 4. The minimum atomic E-state index is -4.52. The van der Waals surface area contributed by atoms with E-state index in [1.807, 2.05) is 12.2 Å². The summed E-state index contributed by atoms with van der Waals surface area (Å²) in [7, 11) is 0. The van der Waals surface area contributed by atoms with Gasteiger partial charge in [-0.05, 0) is 24.3 Å². The van der Waals surface area contributed by atoms with Gasteiger partial charge in [0.15, 0.2) is 0 Å². The number of carbonyl (C=O) groups is 2. The van der Waals surface area contributed by atoms with Gasteiger partial charge < -0.3 is 5.32 Å². The summed E-state index contributed by atoms with van der Waals surface area (Å²) in [5.74, 6) is -0.470. The predicted molar refractivity (Wildman–Crippen MR) is 87.2 cm³/mol. The lowest BCUT2D eigenvalue weighted by Crippen LogP contribution is -2.36. The third-order valence-electron chi connectivity index (χ3n) is 5.36. The number of hydrogen-bond donors (Lipinski definition) is 1. The number of amides is 2. The number of alkyl halides is 3. The van der Waals surface area contributed by atoms with Crippen molar-refractivity contribution in [2.24, 2.45) is 23.7 Å². The third kappa shape index (κ3) is 2.67. The maximum atomic E-state index is 12.6. The highest BCUT2D eigenvalue weighted by Crippen LogP contribution is 2.52. The predicted octanol–water partition coefficient (Wildman–Crippen LogP) is 2.97. The van der Waals surface area contributed by atoms with E-state index in [-0.39, 0.29) is 59.4 Å². The van der Waals surface area contributed by atoms with Gasteiger partial charge in [0.25, 0.3) is 0 Å². The average molecular weight is 386 g/mol. The standard InChI is InChI=1S/C17H15ClF3N3O2/c18-11-6-10(17(19,20)21)7-23-14(11)22-3-4-24-15(25)12-8-1-2-9(5-8)13(12)16(24)26/h1-2,6-9,12-13H,3-5H2,(H,22,23)/t8-,9+,12-,13-/m0/s1. The lowest BCUT2D eigenvalue weighted by molar-refractivity contribution is -0.140. The summed E-state index contributed by atoms with van der Waals surface area (Å²) in [6, 6.07) is 0.788. The van der Waals surface area contributed by atoms with Crippen molar-refractivity contribution < 1.29 is 22.8 Å². The fraction of sp³-hybridized carbons (Fsp3) is 0.471. The average Bonchev–Trinajstić information content (AvgIpc) is 3.24. The van der Waals surface area contributed by atoms with Gasteiger partial charge in [-0.1, -0.05) is 23.8 Å². The Morgan fingerprint density at radius 2 is 1.81 bits per heavy atom. The maximum Gasteiger partial charge on any atom is 0.417 e. The number of anilines is 1. The van der Waals surface area contributed by atoms with Crippen LogP contribution in [0.4, 0.5) is 19.0 Å². The first-order valence-corrected chi connectivity index (χ1v) is 8.65. The van der Waals surface area contributed by atoms with Crippen molar-refractivity contribution in [2.75, 3.05) is 18.4 Å². The minimum Gasteiger partial charge on any atom is -0.367 e. The number of halogens is 4. The van der Waals surface area contributed by atoms with Gasteiger partial charge in [-0.3, -0.25) is 14.5 Å². The first-order chi connectivity index (χ1) is 12.3. The van der Waals surface area contributed by atoms with E-state index in [4.69, 9.17) is 11.6 Å². The number of aromatic nitrogens is 1. The second-order valence-electron chi connectivity index (χ2n) is 6.81. The molecule has 138 valence electrons. The van der Waals surface area contributed by atoms with Crippen LogP contribution in [0.2, 0.25) is 5.02 Å². The number of allylic oxidation sites excluding steroid dienone is 2. The number of nitrogens with one attached hydrogen (secondary N) is 1. The van der Waals surface area contributed by atoms with E-state index >= 15 is 0 Å². The van der Waals surface area contributed by atoms with Gasteiger partial charge in [0.05, 0.1) is 22.4 Å². The summed E-state index contributed by atoms with van der Waals surface area (Å²) in [6.45, 7) is 0.293. The Hall–Kier alpha value is -2.09. The van der Waals surface area contributed by atoms with Gasteiger partial charge >= 0.3 is 6.18 Å². The van der Waals surface area contributed by atoms with E-state index in [2.05, 4.69) is 10.3 Å². The molecule has 0 aromatic carbocycles. The Labute approximate surface area is 152 Å². The van der Waals surface area contributed by atoms with Crippen LogP contribution in [-0.2, 0) is 15.8 Å². The Morgan fingerprint density at radius 3 is 2.35 bits per heavy atom. The van der Waals surface area contributed by atoms with Crippen LogP contribution in [0.1, 0.15) is 12.0 Å². The summed E-state index contributed by atoms with van der Waals surface area (Å²) in [5, 5.41) is 2.62. The van der Waals surface area contributed by atoms with Crippen LogP contribution < -0.4 is 5.32 Å². The van der Waals surface area contributed by atoms with Crippen LogP contribution in [0.15, 0.2) is 24.4 Å². The number of nitrogens with zero attached hydrogens (tertiary/aromatic N) is 2. The zero-order chi connectivity index (χ0) is 18.6. The molecule has 0 unspecified atom stereocenters. The van der Waals surface area contributed by atoms with Gasteiger partial charge in [0.1, 0.15) is 5.82 Å². The molecule has 1 aromatic heterocycles. The second-order valence-corrected chi connectivity index (χ2v) is 7.21. The SMILES string of the molecule is O=C1[C@@H]2[C@@H](C(=O)N1CCNc1ncc(C(F)(F)F)cc1Cl)[C@H]1C=C[C@@H]2C1. The van der Waals surface area contributed by atoms with Crippen LogP contribution in [0.5, 0.6) is 0 Å². The highest BCUT2D eigenvalue weighted by Gasteiger charge is 2.58. The quantitative estimate of drug-likeness (QED) is 0.639. The zero-order valence-corrected chi connectivity index (χ0v) is 14.2. The number of rotatable bonds is 4. The maximum absolute atomic E-state index is 12.6. The van der Waals surface area contributed by atoms with Crippen LogP contribution in [0, 0.1) is 23.7 Å². The Balaban J connectivity index is 1.39. The van der Waals surface area contributed by atoms with Gasteiger partial charge in [0.2, 0.25) is 11.8 Å². The molecule has 2 bridgehead atoms. The number of imide groups is 1. The van der Waals surface area contributed by atoms with Crippen molar-refractivity contribution in [1.29, 1.82) is 0 Å². The summed E-state index contributed by atoms with van der Waals surface area (Å²) in [5.41, 5.74) is -0.936. The topological polar surface area (TPSA) is 62.3 Å². The number of fused-ring (bicyclic) bond motifs is 5. The number of carbonyl (C=O) groups excluding carboxylic acids is 2. The summed E-state index contributed by atoms with van der Waals surface area (Å²) in [4.78, 5) is 30.0. The molecule has 0 spiro atoms. The smallest absolute Gasteiger partial charge is 0.367 e. The molecule has 9 heteroatoms. The Bertz CT molecular complexity index is 781. The number of pyridine rings is 1. The van der Waals surface area contributed by atoms with E-state index in [1.54, 1.807) is 0 Å². The highest BCUT2D eigenvalue weighted by molar-refractivity contribution is 6.33. The molecule has 2 fully saturated rings. The highest BCUT2D eigenvalue weighted by atomic mass is 35.5. The second kappa shape index (κ2) is 5.97. The van der Waals surface area contributed by atoms with Crippen LogP contribution in [0.3, 0.4) is 0 Å². The normalized spacial score (nSPS) is 29.6. The molecule has 2 amide bonds. The van der Waals surface area contributed by atoms with Crippen molar-refractivity contribution >= 4 is 29.2 Å². The van der Waals surface area contributed by atoms with Gasteiger partial charge in [0, 0.05) is 19.3 Å². The van der Waals surface area contributed by atoms with Crippen molar-refractivity contribution in [3.05, 3.63) is 35.0 Å². The molecule has 0 radical (unpaired) electrons. The fourth-order valence-electron chi connectivity index (χ4n) is 4.19. The molecule has 5 nitrogen and oxygen atoms in total. The molecule has 4 rings (SSSR count). The lowest BCUT2D eigenvalue weighted by atomic mass is 9.85. The molecule has 2 heterocycles. The molecular weight excluding hydrogens is 371 g/mol. The van der Waals surface area contributed by atoms with Crippen molar-refractivity contribution in [2.45, 2.75) is 12.6 Å². The van der Waals surface area contributed by atoms with Crippen molar-refractivity contribution in [3.63, 3.8) is 0 Å². The van der Waals surface area contributed by atoms with Gasteiger partial charge in [-0.2, -0.15) is 13.2 Å². The van der Waals surface area contributed by atoms with Gasteiger partial charge in [-0.15, -0.1) is 0 Å². The molecule has 1 aliphatic heterocycles. The first kappa shape index (κ1) is 17.3. The third-order valence-corrected chi connectivity index (χ3v) is 5.65.